The Bertz CT molecular complexity index is 331. The number of anilines is 1. The largest absolute Gasteiger partial charge is 0.399 e. The van der Waals surface area contributed by atoms with E-state index in [1.807, 2.05) is 24.3 Å². The molecule has 0 saturated carbocycles. The Labute approximate surface area is 69.0 Å². The standard InChI is InChI=1S/C7H7N5/c8-6-3-1-2-5(4-6)7-9-11-12-10-7/h1-4,7H,8H2. The van der Waals surface area contributed by atoms with Gasteiger partial charge in [-0.3, -0.25) is 0 Å². The highest BCUT2D eigenvalue weighted by atomic mass is 15.6. The molecule has 12 heavy (non-hydrogen) atoms. The van der Waals surface area contributed by atoms with Crippen LogP contribution in [0.5, 0.6) is 0 Å². The summed E-state index contributed by atoms with van der Waals surface area (Å²) in [5.74, 6) is 0. The summed E-state index contributed by atoms with van der Waals surface area (Å²) in [6, 6.07) is 7.37. The van der Waals surface area contributed by atoms with Gasteiger partial charge in [-0.15, -0.1) is 10.2 Å². The topological polar surface area (TPSA) is 75.5 Å². The average Bonchev–Trinajstić information content (AvgIpc) is 2.56. The summed E-state index contributed by atoms with van der Waals surface area (Å²) in [7, 11) is 0. The third-order valence-electron chi connectivity index (χ3n) is 1.57. The number of benzene rings is 1. The van der Waals surface area contributed by atoms with Crippen molar-refractivity contribution in [3.05, 3.63) is 29.8 Å². The Balaban J connectivity index is 2.34. The van der Waals surface area contributed by atoms with E-state index < -0.39 is 0 Å². The van der Waals surface area contributed by atoms with Crippen LogP contribution in [0.15, 0.2) is 44.9 Å². The molecule has 0 radical (unpaired) electrons. The number of hydrogen-bond donors (Lipinski definition) is 1. The number of rotatable bonds is 1. The van der Waals surface area contributed by atoms with Gasteiger partial charge in [0.2, 0.25) is 6.17 Å². The molecule has 1 aromatic rings. The van der Waals surface area contributed by atoms with Gasteiger partial charge in [-0.25, -0.2) is 0 Å². The highest BCUT2D eigenvalue weighted by molar-refractivity contribution is 5.41. The van der Waals surface area contributed by atoms with Crippen molar-refractivity contribution in [2.75, 3.05) is 5.73 Å². The van der Waals surface area contributed by atoms with Crippen molar-refractivity contribution in [2.45, 2.75) is 6.17 Å². The summed E-state index contributed by atoms with van der Waals surface area (Å²) in [5.41, 5.74) is 7.20. The summed E-state index contributed by atoms with van der Waals surface area (Å²) in [4.78, 5) is 0. The zero-order valence-corrected chi connectivity index (χ0v) is 6.25. The molecule has 0 fully saturated rings. The minimum atomic E-state index is -0.298. The molecule has 60 valence electrons. The Kier molecular flexibility index (Phi) is 1.55. The summed E-state index contributed by atoms with van der Waals surface area (Å²) >= 11 is 0. The number of nitrogens with two attached hydrogens (primary N) is 1. The molecule has 1 heterocycles. The van der Waals surface area contributed by atoms with E-state index in [2.05, 4.69) is 20.7 Å². The van der Waals surface area contributed by atoms with Crippen LogP contribution in [-0.2, 0) is 0 Å². The van der Waals surface area contributed by atoms with E-state index in [1.165, 1.54) is 0 Å². The van der Waals surface area contributed by atoms with Gasteiger partial charge in [0.1, 0.15) is 0 Å². The molecule has 0 amide bonds. The lowest BCUT2D eigenvalue weighted by Gasteiger charge is -2.01. The fourth-order valence-electron chi connectivity index (χ4n) is 1.02. The van der Waals surface area contributed by atoms with Gasteiger partial charge in [0.05, 0.1) is 0 Å². The number of nitrogens with zero attached hydrogens (tertiary/aromatic N) is 4. The lowest BCUT2D eigenvalue weighted by Crippen LogP contribution is -1.90. The number of nitrogen functional groups attached to an aromatic ring is 1. The molecule has 0 aromatic heterocycles. The van der Waals surface area contributed by atoms with Crippen molar-refractivity contribution in [1.82, 2.24) is 0 Å². The van der Waals surface area contributed by atoms with E-state index in [0.717, 1.165) is 5.56 Å². The zero-order chi connectivity index (χ0) is 8.39. The Morgan fingerprint density at radius 1 is 1.17 bits per heavy atom. The molecule has 0 saturated heterocycles. The van der Waals surface area contributed by atoms with Crippen LogP contribution in [0.4, 0.5) is 5.69 Å². The second kappa shape index (κ2) is 2.69. The average molecular weight is 161 g/mol. The van der Waals surface area contributed by atoms with E-state index >= 15 is 0 Å². The van der Waals surface area contributed by atoms with Crippen LogP contribution >= 0.6 is 0 Å². The van der Waals surface area contributed by atoms with E-state index in [-0.39, 0.29) is 6.17 Å². The first kappa shape index (κ1) is 6.90. The molecule has 0 atom stereocenters. The maximum absolute atomic E-state index is 5.58. The predicted octanol–water partition coefficient (Wildman–Crippen LogP) is 2.10. The van der Waals surface area contributed by atoms with E-state index in [9.17, 15) is 0 Å². The van der Waals surface area contributed by atoms with Crippen molar-refractivity contribution in [1.29, 1.82) is 0 Å². The second-order valence-electron chi connectivity index (χ2n) is 2.45. The highest BCUT2D eigenvalue weighted by Crippen LogP contribution is 2.24. The van der Waals surface area contributed by atoms with Gasteiger partial charge in [0.15, 0.2) is 0 Å². The molecule has 1 aliphatic rings. The monoisotopic (exact) mass is 161 g/mol. The van der Waals surface area contributed by atoms with Crippen LogP contribution in [0.25, 0.3) is 0 Å². The van der Waals surface area contributed by atoms with Crippen LogP contribution < -0.4 is 5.73 Å². The second-order valence-corrected chi connectivity index (χ2v) is 2.45. The van der Waals surface area contributed by atoms with Gasteiger partial charge >= 0.3 is 0 Å². The zero-order valence-electron chi connectivity index (χ0n) is 6.25. The van der Waals surface area contributed by atoms with Crippen LogP contribution in [0, 0.1) is 0 Å². The molecule has 5 nitrogen and oxygen atoms in total. The summed E-state index contributed by atoms with van der Waals surface area (Å²) in [6.07, 6.45) is -0.298. The van der Waals surface area contributed by atoms with Crippen molar-refractivity contribution < 1.29 is 0 Å². The summed E-state index contributed by atoms with van der Waals surface area (Å²) < 4.78 is 0. The molecule has 0 bridgehead atoms. The third-order valence-corrected chi connectivity index (χ3v) is 1.57. The Morgan fingerprint density at radius 2 is 1.92 bits per heavy atom. The fourth-order valence-corrected chi connectivity index (χ4v) is 1.02. The third kappa shape index (κ3) is 1.16. The van der Waals surface area contributed by atoms with E-state index in [4.69, 9.17) is 5.73 Å². The molecule has 2 rings (SSSR count). The highest BCUT2D eigenvalue weighted by Gasteiger charge is 2.11. The molecular formula is C7H7N5. The maximum Gasteiger partial charge on any atom is 0.210 e. The van der Waals surface area contributed by atoms with Crippen molar-refractivity contribution in [3.8, 4) is 0 Å². The van der Waals surface area contributed by atoms with E-state index in [1.54, 1.807) is 0 Å². The first-order valence-electron chi connectivity index (χ1n) is 3.52. The molecule has 0 spiro atoms. The Hall–Kier alpha value is -1.78. The van der Waals surface area contributed by atoms with Gasteiger partial charge in [0, 0.05) is 11.3 Å². The molecule has 0 unspecified atom stereocenters. The fraction of sp³-hybridized carbons (Fsp3) is 0.143. The van der Waals surface area contributed by atoms with Crippen molar-refractivity contribution in [3.63, 3.8) is 0 Å². The lowest BCUT2D eigenvalue weighted by molar-refractivity contribution is 0.765. The summed E-state index contributed by atoms with van der Waals surface area (Å²) in [5, 5.41) is 14.4. The van der Waals surface area contributed by atoms with Gasteiger partial charge in [-0.2, -0.15) is 0 Å². The minimum absolute atomic E-state index is 0.298. The molecule has 5 heteroatoms. The SMILES string of the molecule is Nc1cccc(C2N=NN=N2)c1. The lowest BCUT2D eigenvalue weighted by atomic mass is 10.1. The first-order valence-corrected chi connectivity index (χ1v) is 3.52. The normalized spacial score (nSPS) is 15.7. The van der Waals surface area contributed by atoms with Crippen LogP contribution in [0.1, 0.15) is 11.7 Å². The van der Waals surface area contributed by atoms with Crippen molar-refractivity contribution in [2.24, 2.45) is 20.7 Å². The quantitative estimate of drug-likeness (QED) is 0.629. The number of hydrogen-bond acceptors (Lipinski definition) is 5. The minimum Gasteiger partial charge on any atom is -0.399 e. The first-order chi connectivity index (χ1) is 5.86. The molecule has 1 aliphatic heterocycles. The predicted molar refractivity (Wildman–Crippen MR) is 43.3 cm³/mol. The van der Waals surface area contributed by atoms with Crippen molar-refractivity contribution >= 4 is 5.69 Å². The van der Waals surface area contributed by atoms with Crippen LogP contribution in [0.3, 0.4) is 0 Å². The van der Waals surface area contributed by atoms with Gasteiger partial charge in [-0.05, 0) is 22.6 Å². The van der Waals surface area contributed by atoms with E-state index in [0.29, 0.717) is 5.69 Å². The van der Waals surface area contributed by atoms with Crippen LogP contribution in [0.2, 0.25) is 0 Å². The smallest absolute Gasteiger partial charge is 0.210 e. The van der Waals surface area contributed by atoms with Crippen LogP contribution in [-0.4, -0.2) is 0 Å². The molecular weight excluding hydrogens is 154 g/mol. The van der Waals surface area contributed by atoms with Gasteiger partial charge in [0.25, 0.3) is 0 Å². The van der Waals surface area contributed by atoms with Gasteiger partial charge in [-0.1, -0.05) is 12.1 Å². The molecule has 0 aliphatic carbocycles. The van der Waals surface area contributed by atoms with Gasteiger partial charge < -0.3 is 5.73 Å². The summed E-state index contributed by atoms with van der Waals surface area (Å²) in [6.45, 7) is 0. The maximum atomic E-state index is 5.58. The Morgan fingerprint density at radius 3 is 2.58 bits per heavy atom. The molecule has 1 aromatic carbocycles. The molecule has 2 N–H and O–H groups in total.